The highest BCUT2D eigenvalue weighted by atomic mass is 32.2. The lowest BCUT2D eigenvalue weighted by atomic mass is 9.93. The van der Waals surface area contributed by atoms with Gasteiger partial charge in [-0.2, -0.15) is 0 Å². The van der Waals surface area contributed by atoms with E-state index in [0.29, 0.717) is 44.7 Å². The summed E-state index contributed by atoms with van der Waals surface area (Å²) in [7, 11) is 0. The molecule has 2 aliphatic rings. The van der Waals surface area contributed by atoms with Gasteiger partial charge in [-0.3, -0.25) is 4.79 Å². The highest BCUT2D eigenvalue weighted by Crippen LogP contribution is 2.43. The van der Waals surface area contributed by atoms with Crippen LogP contribution >= 0.6 is 11.8 Å². The van der Waals surface area contributed by atoms with Crippen LogP contribution in [0.2, 0.25) is 0 Å². The van der Waals surface area contributed by atoms with Crippen molar-refractivity contribution in [1.29, 1.82) is 0 Å². The largest absolute Gasteiger partial charge is 0.463 e. The molecule has 0 saturated carbocycles. The van der Waals surface area contributed by atoms with Crippen molar-refractivity contribution in [3.63, 3.8) is 0 Å². The molecule has 2 rings (SSSR count). The first-order chi connectivity index (χ1) is 9.06. The molecule has 0 amide bonds. The van der Waals surface area contributed by atoms with Crippen LogP contribution in [0.25, 0.3) is 0 Å². The predicted octanol–water partition coefficient (Wildman–Crippen LogP) is 2.01. The lowest BCUT2D eigenvalue weighted by Crippen LogP contribution is -2.34. The fourth-order valence-corrected chi connectivity index (χ4v) is 3.29. The van der Waals surface area contributed by atoms with E-state index in [1.54, 1.807) is 6.92 Å². The third-order valence-corrected chi connectivity index (χ3v) is 4.05. The number of hydrogen-bond donors (Lipinski definition) is 0. The minimum atomic E-state index is -0.645. The molecule has 6 heteroatoms. The molecule has 1 aliphatic heterocycles. The van der Waals surface area contributed by atoms with Crippen LogP contribution in [0.3, 0.4) is 0 Å². The van der Waals surface area contributed by atoms with Crippen LogP contribution < -0.4 is 0 Å². The van der Waals surface area contributed by atoms with Crippen LogP contribution in [0, 0.1) is 0 Å². The Morgan fingerprint density at radius 2 is 2.05 bits per heavy atom. The van der Waals surface area contributed by atoms with Crippen molar-refractivity contribution in [2.45, 2.75) is 38.9 Å². The number of thioether (sulfide) groups is 1. The monoisotopic (exact) mass is 286 g/mol. The maximum Gasteiger partial charge on any atom is 0.334 e. The molecule has 0 aromatic carbocycles. The summed E-state index contributed by atoms with van der Waals surface area (Å²) >= 11 is 1.08. The first kappa shape index (κ1) is 14.6. The summed E-state index contributed by atoms with van der Waals surface area (Å²) in [4.78, 5) is 24.0. The molecular formula is C13H18O5S. The molecule has 0 aromatic heterocycles. The lowest BCUT2D eigenvalue weighted by Gasteiger charge is -2.33. The van der Waals surface area contributed by atoms with Gasteiger partial charge >= 0.3 is 5.97 Å². The average Bonchev–Trinajstić information content (AvgIpc) is 2.77. The van der Waals surface area contributed by atoms with E-state index >= 15 is 0 Å². The minimum Gasteiger partial charge on any atom is -0.463 e. The molecule has 1 heterocycles. The van der Waals surface area contributed by atoms with Gasteiger partial charge in [0.1, 0.15) is 0 Å². The fourth-order valence-electron chi connectivity index (χ4n) is 2.34. The predicted molar refractivity (Wildman–Crippen MR) is 70.4 cm³/mol. The number of carbonyl (C=O) groups excluding carboxylic acids is 2. The molecule has 0 N–H and O–H groups in total. The average molecular weight is 286 g/mol. The highest BCUT2D eigenvalue weighted by molar-refractivity contribution is 8.16. The zero-order chi connectivity index (χ0) is 13.9. The lowest BCUT2D eigenvalue weighted by molar-refractivity contribution is -0.163. The van der Waals surface area contributed by atoms with Crippen LogP contribution in [-0.4, -0.2) is 36.7 Å². The Morgan fingerprint density at radius 1 is 1.37 bits per heavy atom. The Kier molecular flexibility index (Phi) is 4.65. The van der Waals surface area contributed by atoms with E-state index < -0.39 is 5.79 Å². The van der Waals surface area contributed by atoms with E-state index in [0.717, 1.165) is 16.7 Å². The van der Waals surface area contributed by atoms with Gasteiger partial charge in [0.15, 0.2) is 10.9 Å². The summed E-state index contributed by atoms with van der Waals surface area (Å²) in [5.41, 5.74) is 0.590. The number of carbonyl (C=O) groups is 2. The van der Waals surface area contributed by atoms with Crippen LogP contribution in [0.5, 0.6) is 0 Å². The number of rotatable bonds is 3. The maximum atomic E-state index is 11.9. The third kappa shape index (κ3) is 3.38. The number of ether oxygens (including phenoxy) is 3. The second kappa shape index (κ2) is 6.07. The molecule has 0 radical (unpaired) electrons. The molecular weight excluding hydrogens is 268 g/mol. The fraction of sp³-hybridized carbons (Fsp3) is 0.692. The summed E-state index contributed by atoms with van der Waals surface area (Å²) in [6.45, 7) is 4.71. The molecule has 0 bridgehead atoms. The smallest absolute Gasteiger partial charge is 0.334 e. The van der Waals surface area contributed by atoms with Crippen molar-refractivity contribution >= 4 is 22.8 Å². The zero-order valence-corrected chi connectivity index (χ0v) is 12.0. The van der Waals surface area contributed by atoms with Crippen molar-refractivity contribution in [2.75, 3.05) is 19.8 Å². The molecule has 1 aliphatic carbocycles. The summed E-state index contributed by atoms with van der Waals surface area (Å²) in [6, 6.07) is 0. The van der Waals surface area contributed by atoms with E-state index in [4.69, 9.17) is 14.2 Å². The second-order valence-electron chi connectivity index (χ2n) is 4.50. The standard InChI is InChI=1S/C13H18O5S/c1-3-16-12(15)10-4-5-13(17-6-7-18-13)8-11(10)19-9(2)14/h3-8H2,1-2H3. The first-order valence-electron chi connectivity index (χ1n) is 6.42. The number of esters is 1. The van der Waals surface area contributed by atoms with Crippen molar-refractivity contribution in [3.8, 4) is 0 Å². The molecule has 106 valence electrons. The van der Waals surface area contributed by atoms with E-state index in [2.05, 4.69) is 0 Å². The summed E-state index contributed by atoms with van der Waals surface area (Å²) in [5.74, 6) is -0.979. The van der Waals surface area contributed by atoms with Gasteiger partial charge in [-0.1, -0.05) is 11.8 Å². The van der Waals surface area contributed by atoms with Gasteiger partial charge in [0.2, 0.25) is 0 Å². The molecule has 1 spiro atoms. The zero-order valence-electron chi connectivity index (χ0n) is 11.2. The van der Waals surface area contributed by atoms with Crippen LogP contribution in [0.4, 0.5) is 0 Å². The molecule has 1 fully saturated rings. The van der Waals surface area contributed by atoms with Crippen LogP contribution in [0.1, 0.15) is 33.1 Å². The van der Waals surface area contributed by atoms with Crippen molar-refractivity contribution in [1.82, 2.24) is 0 Å². The van der Waals surface area contributed by atoms with E-state index in [1.807, 2.05) is 0 Å². The third-order valence-electron chi connectivity index (χ3n) is 3.12. The van der Waals surface area contributed by atoms with Crippen molar-refractivity contribution < 1.29 is 23.8 Å². The molecule has 0 atom stereocenters. The van der Waals surface area contributed by atoms with E-state index in [9.17, 15) is 9.59 Å². The Bertz CT molecular complexity index is 409. The van der Waals surface area contributed by atoms with E-state index in [1.165, 1.54) is 6.92 Å². The highest BCUT2D eigenvalue weighted by Gasteiger charge is 2.42. The first-order valence-corrected chi connectivity index (χ1v) is 7.23. The molecule has 0 unspecified atom stereocenters. The minimum absolute atomic E-state index is 0.0492. The Balaban J connectivity index is 2.21. The van der Waals surface area contributed by atoms with Gasteiger partial charge < -0.3 is 14.2 Å². The Morgan fingerprint density at radius 3 is 2.63 bits per heavy atom. The van der Waals surface area contributed by atoms with Crippen molar-refractivity contribution in [3.05, 3.63) is 10.5 Å². The van der Waals surface area contributed by atoms with Crippen LogP contribution in [0.15, 0.2) is 10.5 Å². The quantitative estimate of drug-likeness (QED) is 0.740. The van der Waals surface area contributed by atoms with E-state index in [-0.39, 0.29) is 11.1 Å². The van der Waals surface area contributed by atoms with Gasteiger partial charge in [0.25, 0.3) is 0 Å². The molecule has 1 saturated heterocycles. The summed E-state index contributed by atoms with van der Waals surface area (Å²) in [6.07, 6.45) is 1.60. The second-order valence-corrected chi connectivity index (χ2v) is 5.77. The number of hydrogen-bond acceptors (Lipinski definition) is 6. The molecule has 0 aromatic rings. The van der Waals surface area contributed by atoms with Gasteiger partial charge in [-0.15, -0.1) is 0 Å². The topological polar surface area (TPSA) is 61.8 Å². The Labute approximate surface area is 116 Å². The van der Waals surface area contributed by atoms with Crippen LogP contribution in [-0.2, 0) is 23.8 Å². The van der Waals surface area contributed by atoms with Gasteiger partial charge in [-0.05, 0) is 13.3 Å². The van der Waals surface area contributed by atoms with Gasteiger partial charge in [0, 0.05) is 30.2 Å². The Hall–Kier alpha value is -0.850. The normalized spacial score (nSPS) is 21.8. The maximum absolute atomic E-state index is 11.9. The SMILES string of the molecule is CCOC(=O)C1=C(SC(C)=O)CC2(CC1)OCCO2. The summed E-state index contributed by atoms with van der Waals surface area (Å²) < 4.78 is 16.3. The summed E-state index contributed by atoms with van der Waals surface area (Å²) in [5, 5.41) is -0.0492. The molecule has 5 nitrogen and oxygen atoms in total. The van der Waals surface area contributed by atoms with Crippen molar-refractivity contribution in [2.24, 2.45) is 0 Å². The molecule has 19 heavy (non-hydrogen) atoms. The van der Waals surface area contributed by atoms with Gasteiger partial charge in [-0.25, -0.2) is 4.79 Å². The van der Waals surface area contributed by atoms with Gasteiger partial charge in [0.05, 0.1) is 19.8 Å².